The van der Waals surface area contributed by atoms with E-state index >= 15 is 0 Å². The number of ether oxygens (including phenoxy) is 2. The van der Waals surface area contributed by atoms with E-state index in [4.69, 9.17) is 33.3 Å². The number of likely N-dealkylation sites (N-methyl/N-ethyl adjacent to an activating group) is 1. The molecule has 0 aromatic heterocycles. The van der Waals surface area contributed by atoms with Crippen LogP contribution < -0.4 is 14.8 Å². The van der Waals surface area contributed by atoms with E-state index in [2.05, 4.69) is 5.32 Å². The third-order valence-electron chi connectivity index (χ3n) is 4.20. The van der Waals surface area contributed by atoms with Crippen LogP contribution in [0.1, 0.15) is 11.1 Å². The van der Waals surface area contributed by atoms with Gasteiger partial charge >= 0.3 is 0 Å². The lowest BCUT2D eigenvalue weighted by Gasteiger charge is -2.25. The summed E-state index contributed by atoms with van der Waals surface area (Å²) in [6.45, 7) is -0.0493. The number of hydrogen-bond acceptors (Lipinski definition) is 5. The van der Waals surface area contributed by atoms with E-state index in [0.717, 1.165) is 4.90 Å². The first-order valence-corrected chi connectivity index (χ1v) is 9.19. The lowest BCUT2D eigenvalue weighted by molar-refractivity contribution is -0.128. The Morgan fingerprint density at radius 2 is 2.00 bits per heavy atom. The highest BCUT2D eigenvalue weighted by Gasteiger charge is 2.30. The van der Waals surface area contributed by atoms with Crippen molar-refractivity contribution in [1.29, 1.82) is 0 Å². The molecule has 0 spiro atoms. The van der Waals surface area contributed by atoms with Gasteiger partial charge in [-0.15, -0.1) is 0 Å². The van der Waals surface area contributed by atoms with E-state index in [1.165, 1.54) is 32.4 Å². The molecule has 150 valence electrons. The summed E-state index contributed by atoms with van der Waals surface area (Å²) in [5.41, 5.74) is 0.712. The molecule has 0 unspecified atom stereocenters. The largest absolute Gasteiger partial charge is 0.493 e. The predicted octanol–water partition coefficient (Wildman–Crippen LogP) is 3.32. The molecule has 0 radical (unpaired) electrons. The summed E-state index contributed by atoms with van der Waals surface area (Å²) in [5.74, 6) is -1.04. The fourth-order valence-electron chi connectivity index (χ4n) is 2.64. The van der Waals surface area contributed by atoms with Crippen molar-refractivity contribution in [3.63, 3.8) is 0 Å². The van der Waals surface area contributed by atoms with Gasteiger partial charge in [-0.05, 0) is 42.1 Å². The molecule has 2 amide bonds. The summed E-state index contributed by atoms with van der Waals surface area (Å²) in [6.07, 6.45) is 1.38. The van der Waals surface area contributed by atoms with Gasteiger partial charge in [0.15, 0.2) is 16.6 Å². The quantitative estimate of drug-likeness (QED) is 0.444. The first-order valence-electron chi connectivity index (χ1n) is 8.40. The Kier molecular flexibility index (Phi) is 6.14. The Balaban J connectivity index is 1.90. The van der Waals surface area contributed by atoms with E-state index in [1.807, 2.05) is 0 Å². The molecule has 0 aliphatic carbocycles. The van der Waals surface area contributed by atoms with Crippen molar-refractivity contribution < 1.29 is 23.5 Å². The van der Waals surface area contributed by atoms with Crippen molar-refractivity contribution in [1.82, 2.24) is 10.2 Å². The van der Waals surface area contributed by atoms with Gasteiger partial charge in [0.25, 0.3) is 11.8 Å². The van der Waals surface area contributed by atoms with Crippen LogP contribution in [-0.4, -0.2) is 36.0 Å². The molecule has 2 aromatic carbocycles. The van der Waals surface area contributed by atoms with Crippen LogP contribution >= 0.6 is 23.8 Å². The number of rotatable bonds is 5. The lowest BCUT2D eigenvalue weighted by Crippen LogP contribution is -2.52. The monoisotopic (exact) mass is 434 g/mol. The summed E-state index contributed by atoms with van der Waals surface area (Å²) >= 11 is 11.2. The highest BCUT2D eigenvalue weighted by Crippen LogP contribution is 2.37. The van der Waals surface area contributed by atoms with Crippen molar-refractivity contribution in [2.24, 2.45) is 0 Å². The summed E-state index contributed by atoms with van der Waals surface area (Å²) < 4.78 is 24.8. The topological polar surface area (TPSA) is 67.9 Å². The van der Waals surface area contributed by atoms with Gasteiger partial charge in [-0.25, -0.2) is 4.39 Å². The summed E-state index contributed by atoms with van der Waals surface area (Å²) in [5, 5.41) is 2.65. The molecule has 3 rings (SSSR count). The zero-order valence-electron chi connectivity index (χ0n) is 15.5. The molecule has 6 nitrogen and oxygen atoms in total. The van der Waals surface area contributed by atoms with Crippen LogP contribution in [0.5, 0.6) is 11.5 Å². The minimum Gasteiger partial charge on any atom is -0.493 e. The van der Waals surface area contributed by atoms with Crippen LogP contribution in [-0.2, 0) is 16.2 Å². The van der Waals surface area contributed by atoms with E-state index in [0.29, 0.717) is 11.1 Å². The first-order chi connectivity index (χ1) is 13.8. The maximum Gasteiger partial charge on any atom is 0.265 e. The normalized spacial score (nSPS) is 15.5. The predicted molar refractivity (Wildman–Crippen MR) is 110 cm³/mol. The SMILES string of the molecule is COc1cc(/C=C2\C(=O)NC(=S)N(C)C2=O)cc(Cl)c1OCc1ccccc1F. The second kappa shape index (κ2) is 8.59. The van der Waals surface area contributed by atoms with Crippen molar-refractivity contribution >= 4 is 46.8 Å². The maximum atomic E-state index is 13.8. The number of carbonyl (C=O) groups excluding carboxylic acids is 2. The molecule has 0 saturated carbocycles. The molecule has 1 N–H and O–H groups in total. The fourth-order valence-corrected chi connectivity index (χ4v) is 3.09. The van der Waals surface area contributed by atoms with E-state index in [9.17, 15) is 14.0 Å². The van der Waals surface area contributed by atoms with Crippen molar-refractivity contribution in [3.05, 3.63) is 63.9 Å². The minimum atomic E-state index is -0.604. The smallest absolute Gasteiger partial charge is 0.265 e. The second-order valence-electron chi connectivity index (χ2n) is 6.10. The Bertz CT molecular complexity index is 1040. The number of amides is 2. The van der Waals surface area contributed by atoms with Crippen molar-refractivity contribution in [2.75, 3.05) is 14.2 Å². The average Bonchev–Trinajstić information content (AvgIpc) is 2.69. The van der Waals surface area contributed by atoms with Gasteiger partial charge in [-0.2, -0.15) is 0 Å². The highest BCUT2D eigenvalue weighted by atomic mass is 35.5. The van der Waals surface area contributed by atoms with Crippen LogP contribution in [0.4, 0.5) is 4.39 Å². The molecule has 1 heterocycles. The van der Waals surface area contributed by atoms with Crippen molar-refractivity contribution in [3.8, 4) is 11.5 Å². The van der Waals surface area contributed by atoms with E-state index in [1.54, 1.807) is 24.3 Å². The van der Waals surface area contributed by atoms with Gasteiger partial charge in [0, 0.05) is 12.6 Å². The molecule has 1 fully saturated rings. The Morgan fingerprint density at radius 1 is 1.28 bits per heavy atom. The number of hydrogen-bond donors (Lipinski definition) is 1. The fraction of sp³-hybridized carbons (Fsp3) is 0.150. The van der Waals surface area contributed by atoms with Gasteiger partial charge in [-0.1, -0.05) is 29.8 Å². The molecule has 0 bridgehead atoms. The Labute approximate surface area is 176 Å². The molecule has 1 aliphatic heterocycles. The molecule has 2 aromatic rings. The van der Waals surface area contributed by atoms with Gasteiger partial charge in [0.2, 0.25) is 0 Å². The van der Waals surface area contributed by atoms with Gasteiger partial charge in [-0.3, -0.25) is 19.8 Å². The third-order valence-corrected chi connectivity index (χ3v) is 4.85. The number of thiocarbonyl (C=S) groups is 1. The van der Waals surface area contributed by atoms with Gasteiger partial charge < -0.3 is 9.47 Å². The Morgan fingerprint density at radius 3 is 2.69 bits per heavy atom. The molecule has 0 atom stereocenters. The molecule has 1 saturated heterocycles. The van der Waals surface area contributed by atoms with E-state index in [-0.39, 0.29) is 33.8 Å². The van der Waals surface area contributed by atoms with Crippen LogP contribution in [0.2, 0.25) is 5.02 Å². The number of benzene rings is 2. The third kappa shape index (κ3) is 4.38. The molecule has 29 heavy (non-hydrogen) atoms. The summed E-state index contributed by atoms with van der Waals surface area (Å²) in [4.78, 5) is 25.6. The average molecular weight is 435 g/mol. The molecular formula is C20H16ClFN2O4S. The number of nitrogens with one attached hydrogen (secondary N) is 1. The maximum absolute atomic E-state index is 13.8. The number of carbonyl (C=O) groups is 2. The number of nitrogens with zero attached hydrogens (tertiary/aromatic N) is 1. The van der Waals surface area contributed by atoms with Crippen LogP contribution in [0, 0.1) is 5.82 Å². The van der Waals surface area contributed by atoms with Crippen LogP contribution in [0.25, 0.3) is 6.08 Å². The highest BCUT2D eigenvalue weighted by molar-refractivity contribution is 7.80. The zero-order valence-corrected chi connectivity index (χ0v) is 17.1. The number of methoxy groups -OCH3 is 1. The van der Waals surface area contributed by atoms with Crippen LogP contribution in [0.3, 0.4) is 0 Å². The summed E-state index contributed by atoms with van der Waals surface area (Å²) in [6, 6.07) is 9.29. The van der Waals surface area contributed by atoms with Gasteiger partial charge in [0.1, 0.15) is 18.0 Å². The zero-order chi connectivity index (χ0) is 21.1. The molecule has 1 aliphatic rings. The minimum absolute atomic E-state index is 0.0321. The molecular weight excluding hydrogens is 419 g/mol. The first kappa shape index (κ1) is 20.8. The second-order valence-corrected chi connectivity index (χ2v) is 6.89. The van der Waals surface area contributed by atoms with Crippen molar-refractivity contribution in [2.45, 2.75) is 6.61 Å². The molecule has 9 heteroatoms. The van der Waals surface area contributed by atoms with E-state index < -0.39 is 17.6 Å². The number of halogens is 2. The summed E-state index contributed by atoms with van der Waals surface area (Å²) in [7, 11) is 2.88. The Hall–Kier alpha value is -2.97. The van der Waals surface area contributed by atoms with Crippen LogP contribution in [0.15, 0.2) is 42.0 Å². The van der Waals surface area contributed by atoms with Gasteiger partial charge in [0.05, 0.1) is 12.1 Å². The standard InChI is InChI=1S/C20H16ClFN2O4S/c1-24-19(26)13(18(25)23-20(24)29)7-11-8-14(21)17(16(9-11)27-2)28-10-12-5-3-4-6-15(12)22/h3-9H,10H2,1-2H3,(H,23,25,29)/b13-7+. The lowest BCUT2D eigenvalue weighted by atomic mass is 10.1.